The second-order valence-electron chi connectivity index (χ2n) is 5.99. The minimum Gasteiger partial charge on any atom is -0.434 e. The maximum absolute atomic E-state index is 11.9. The quantitative estimate of drug-likeness (QED) is 0.870. The summed E-state index contributed by atoms with van der Waals surface area (Å²) >= 11 is 1.52. The average molecular weight is 295 g/mol. The summed E-state index contributed by atoms with van der Waals surface area (Å²) in [6.07, 6.45) is 1.75. The lowest BCUT2D eigenvalue weighted by molar-refractivity contribution is -0.122. The van der Waals surface area contributed by atoms with Crippen LogP contribution in [-0.4, -0.2) is 29.6 Å². The highest BCUT2D eigenvalue weighted by Crippen LogP contribution is 2.38. The average Bonchev–Trinajstić information content (AvgIpc) is 2.93. The van der Waals surface area contributed by atoms with Gasteiger partial charge in [0.25, 0.3) is 5.91 Å². The van der Waals surface area contributed by atoms with Crippen molar-refractivity contribution in [3.63, 3.8) is 0 Å². The van der Waals surface area contributed by atoms with E-state index in [4.69, 9.17) is 4.74 Å². The molecule has 0 radical (unpaired) electrons. The van der Waals surface area contributed by atoms with Crippen LogP contribution in [0.4, 0.5) is 9.93 Å². The lowest BCUT2D eigenvalue weighted by Gasteiger charge is -2.28. The molecule has 2 heterocycles. The van der Waals surface area contributed by atoms with E-state index < -0.39 is 12.2 Å². The number of hydrogen-bond acceptors (Lipinski definition) is 5. The summed E-state index contributed by atoms with van der Waals surface area (Å²) in [6.45, 7) is 4.71. The maximum Gasteiger partial charge on any atom is 0.408 e. The molecular formula is C13H17N3O3S. The summed E-state index contributed by atoms with van der Waals surface area (Å²) in [7, 11) is 0. The van der Waals surface area contributed by atoms with Crippen LogP contribution in [0.1, 0.15) is 30.8 Å². The predicted molar refractivity (Wildman–Crippen MR) is 74.8 cm³/mol. The minimum absolute atomic E-state index is 0.211. The first-order valence-corrected chi connectivity index (χ1v) is 7.48. The number of thiazole rings is 1. The van der Waals surface area contributed by atoms with Crippen LogP contribution in [-0.2, 0) is 22.4 Å². The molecule has 1 aromatic heterocycles. The number of aryl methyl sites for hydroxylation is 1. The van der Waals surface area contributed by atoms with Gasteiger partial charge in [0.15, 0.2) is 11.2 Å². The Morgan fingerprint density at radius 2 is 2.35 bits per heavy atom. The van der Waals surface area contributed by atoms with Gasteiger partial charge in [-0.1, -0.05) is 13.8 Å². The normalized spacial score (nSPS) is 23.7. The number of aromatic nitrogens is 1. The van der Waals surface area contributed by atoms with Crippen LogP contribution in [0, 0.1) is 5.41 Å². The van der Waals surface area contributed by atoms with E-state index in [1.165, 1.54) is 16.2 Å². The first-order valence-electron chi connectivity index (χ1n) is 6.67. The SMILES string of the molecule is CC1(C)CCc2nc(NC(=O)[C@@H]3CNC(=O)O3)sc2C1. The molecule has 2 amide bonds. The third-order valence-corrected chi connectivity index (χ3v) is 4.67. The lowest BCUT2D eigenvalue weighted by Crippen LogP contribution is -2.30. The zero-order valence-corrected chi connectivity index (χ0v) is 12.3. The standard InChI is InChI=1S/C13H17N3O3S/c1-13(2)4-3-7-9(5-13)20-11(15-7)16-10(17)8-6-14-12(18)19-8/h8H,3-6H2,1-2H3,(H,14,18)(H,15,16,17)/t8-/m0/s1. The Balaban J connectivity index is 1.68. The van der Waals surface area contributed by atoms with Crippen molar-refractivity contribution >= 4 is 28.5 Å². The number of hydrogen-bond donors (Lipinski definition) is 2. The van der Waals surface area contributed by atoms with Crippen LogP contribution in [0.15, 0.2) is 0 Å². The molecule has 7 heteroatoms. The molecule has 2 aliphatic rings. The zero-order valence-electron chi connectivity index (χ0n) is 11.5. The molecule has 1 aromatic rings. The molecule has 0 aromatic carbocycles. The predicted octanol–water partition coefficient (Wildman–Crippen LogP) is 1.70. The van der Waals surface area contributed by atoms with E-state index in [2.05, 4.69) is 29.5 Å². The molecule has 0 spiro atoms. The molecule has 1 fully saturated rings. The van der Waals surface area contributed by atoms with Gasteiger partial charge in [0.1, 0.15) is 0 Å². The first-order chi connectivity index (χ1) is 9.43. The Morgan fingerprint density at radius 3 is 3.05 bits per heavy atom. The Morgan fingerprint density at radius 1 is 1.55 bits per heavy atom. The van der Waals surface area contributed by atoms with E-state index in [1.807, 2.05) is 0 Å². The van der Waals surface area contributed by atoms with E-state index in [0.29, 0.717) is 10.5 Å². The number of nitrogens with one attached hydrogen (secondary N) is 2. The number of fused-ring (bicyclic) bond motifs is 1. The summed E-state index contributed by atoms with van der Waals surface area (Å²) in [5, 5.41) is 5.80. The number of ether oxygens (including phenoxy) is 1. The molecule has 6 nitrogen and oxygen atoms in total. The number of rotatable bonds is 2. The van der Waals surface area contributed by atoms with Gasteiger partial charge in [0.05, 0.1) is 12.2 Å². The van der Waals surface area contributed by atoms with Gasteiger partial charge >= 0.3 is 6.09 Å². The van der Waals surface area contributed by atoms with Crippen LogP contribution in [0.3, 0.4) is 0 Å². The fourth-order valence-electron chi connectivity index (χ4n) is 2.47. The number of alkyl carbamates (subject to hydrolysis) is 1. The summed E-state index contributed by atoms with van der Waals surface area (Å²) in [5.74, 6) is -0.325. The van der Waals surface area contributed by atoms with Crippen molar-refractivity contribution in [3.8, 4) is 0 Å². The summed E-state index contributed by atoms with van der Waals surface area (Å²) in [6, 6.07) is 0. The monoisotopic (exact) mass is 295 g/mol. The number of nitrogens with zero attached hydrogens (tertiary/aromatic N) is 1. The van der Waals surface area contributed by atoms with Crippen LogP contribution in [0.5, 0.6) is 0 Å². The Bertz CT molecular complexity index is 567. The highest BCUT2D eigenvalue weighted by Gasteiger charge is 2.31. The van der Waals surface area contributed by atoms with Gasteiger partial charge in [-0.3, -0.25) is 10.1 Å². The summed E-state index contributed by atoms with van der Waals surface area (Å²) in [4.78, 5) is 28.6. The maximum atomic E-state index is 11.9. The van der Waals surface area contributed by atoms with Gasteiger partial charge in [-0.25, -0.2) is 9.78 Å². The highest BCUT2D eigenvalue weighted by molar-refractivity contribution is 7.15. The molecule has 20 heavy (non-hydrogen) atoms. The van der Waals surface area contributed by atoms with Crippen molar-refractivity contribution in [1.82, 2.24) is 10.3 Å². The van der Waals surface area contributed by atoms with Crippen molar-refractivity contribution in [2.24, 2.45) is 5.41 Å². The third kappa shape index (κ3) is 2.63. The van der Waals surface area contributed by atoms with Gasteiger partial charge in [0.2, 0.25) is 0 Å². The van der Waals surface area contributed by atoms with Crippen LogP contribution < -0.4 is 10.6 Å². The number of anilines is 1. The largest absolute Gasteiger partial charge is 0.434 e. The highest BCUT2D eigenvalue weighted by atomic mass is 32.1. The number of carbonyl (C=O) groups excluding carboxylic acids is 2. The van der Waals surface area contributed by atoms with Crippen molar-refractivity contribution in [3.05, 3.63) is 10.6 Å². The fourth-order valence-corrected chi connectivity index (χ4v) is 3.74. The topological polar surface area (TPSA) is 80.3 Å². The molecule has 1 saturated heterocycles. The Labute approximate surface area is 120 Å². The molecule has 3 rings (SSSR count). The van der Waals surface area contributed by atoms with Crippen molar-refractivity contribution < 1.29 is 14.3 Å². The van der Waals surface area contributed by atoms with Gasteiger partial charge in [0, 0.05) is 4.88 Å². The molecule has 1 aliphatic heterocycles. The Kier molecular flexibility index (Phi) is 3.16. The molecule has 0 saturated carbocycles. The fraction of sp³-hybridized carbons (Fsp3) is 0.615. The molecule has 0 unspecified atom stereocenters. The van der Waals surface area contributed by atoms with Crippen molar-refractivity contribution in [1.29, 1.82) is 0 Å². The third-order valence-electron chi connectivity index (χ3n) is 3.66. The van der Waals surface area contributed by atoms with E-state index in [9.17, 15) is 9.59 Å². The minimum atomic E-state index is -0.764. The van der Waals surface area contributed by atoms with Gasteiger partial charge in [-0.2, -0.15) is 0 Å². The van der Waals surface area contributed by atoms with Crippen LogP contribution in [0.2, 0.25) is 0 Å². The molecule has 0 bridgehead atoms. The van der Waals surface area contributed by atoms with Gasteiger partial charge in [-0.05, 0) is 24.7 Å². The molecular weight excluding hydrogens is 278 g/mol. The molecule has 1 aliphatic carbocycles. The summed E-state index contributed by atoms with van der Waals surface area (Å²) in [5.41, 5.74) is 1.39. The van der Waals surface area contributed by atoms with E-state index in [-0.39, 0.29) is 12.5 Å². The second kappa shape index (κ2) is 4.73. The van der Waals surface area contributed by atoms with Gasteiger partial charge < -0.3 is 10.1 Å². The lowest BCUT2D eigenvalue weighted by atomic mass is 9.79. The van der Waals surface area contributed by atoms with E-state index >= 15 is 0 Å². The van der Waals surface area contributed by atoms with Gasteiger partial charge in [-0.15, -0.1) is 11.3 Å². The number of cyclic esters (lactones) is 1. The van der Waals surface area contributed by atoms with Crippen molar-refractivity contribution in [2.45, 2.75) is 39.2 Å². The van der Waals surface area contributed by atoms with Crippen molar-refractivity contribution in [2.75, 3.05) is 11.9 Å². The molecule has 108 valence electrons. The molecule has 1 atom stereocenters. The second-order valence-corrected chi connectivity index (χ2v) is 7.08. The number of amides is 2. The smallest absolute Gasteiger partial charge is 0.408 e. The van der Waals surface area contributed by atoms with E-state index in [1.54, 1.807) is 0 Å². The van der Waals surface area contributed by atoms with E-state index in [0.717, 1.165) is 25.0 Å². The van der Waals surface area contributed by atoms with Crippen LogP contribution >= 0.6 is 11.3 Å². The molecule has 2 N–H and O–H groups in total. The van der Waals surface area contributed by atoms with Crippen LogP contribution in [0.25, 0.3) is 0 Å². The zero-order chi connectivity index (χ0) is 14.3. The first kappa shape index (κ1) is 13.4. The summed E-state index contributed by atoms with van der Waals surface area (Å²) < 4.78 is 4.85. The Hall–Kier alpha value is -1.63. The number of carbonyl (C=O) groups is 2.